The van der Waals surface area contributed by atoms with E-state index in [0.717, 1.165) is 12.3 Å². The standard InChI is InChI=1S/C13H13F3N2O4/c1-7-5-18(6-9(22-7)12(20)21)11(19)8-2-3-10(17-4-8)13(14,15)16/h2-4,7,9H,5-6H2,1H3,(H,20,21)/t7-,9?/m1/s1. The largest absolute Gasteiger partial charge is 0.479 e. The van der Waals surface area contributed by atoms with Crippen molar-refractivity contribution in [1.82, 2.24) is 9.88 Å². The van der Waals surface area contributed by atoms with E-state index < -0.39 is 36.0 Å². The second kappa shape index (κ2) is 5.91. The van der Waals surface area contributed by atoms with E-state index in [-0.39, 0.29) is 18.7 Å². The molecule has 1 aromatic rings. The van der Waals surface area contributed by atoms with Gasteiger partial charge >= 0.3 is 12.1 Å². The predicted octanol–water partition coefficient (Wildman–Crippen LogP) is 1.41. The van der Waals surface area contributed by atoms with Crippen LogP contribution in [0.25, 0.3) is 0 Å². The smallest absolute Gasteiger partial charge is 0.433 e. The normalized spacial score (nSPS) is 22.5. The zero-order chi connectivity index (χ0) is 16.5. The van der Waals surface area contributed by atoms with E-state index in [1.807, 2.05) is 0 Å². The summed E-state index contributed by atoms with van der Waals surface area (Å²) >= 11 is 0. The van der Waals surface area contributed by atoms with Crippen LogP contribution in [0.5, 0.6) is 0 Å². The SMILES string of the molecule is C[C@@H]1CN(C(=O)c2ccc(C(F)(F)F)nc2)CC(C(=O)O)O1. The Balaban J connectivity index is 2.15. The highest BCUT2D eigenvalue weighted by molar-refractivity contribution is 5.94. The highest BCUT2D eigenvalue weighted by Crippen LogP contribution is 2.27. The molecule has 1 saturated heterocycles. The fourth-order valence-corrected chi connectivity index (χ4v) is 2.12. The molecule has 1 amide bonds. The average Bonchev–Trinajstić information content (AvgIpc) is 2.45. The Bertz CT molecular complexity index is 574. The molecule has 0 saturated carbocycles. The number of alkyl halides is 3. The minimum atomic E-state index is -4.58. The maximum Gasteiger partial charge on any atom is 0.433 e. The van der Waals surface area contributed by atoms with Crippen LogP contribution in [0, 0.1) is 0 Å². The number of carboxylic acids is 1. The molecule has 1 aliphatic rings. The topological polar surface area (TPSA) is 79.7 Å². The Kier molecular flexibility index (Phi) is 4.36. The predicted molar refractivity (Wildman–Crippen MR) is 67.1 cm³/mol. The number of hydrogen-bond donors (Lipinski definition) is 1. The van der Waals surface area contributed by atoms with Crippen LogP contribution in [0.2, 0.25) is 0 Å². The summed E-state index contributed by atoms with van der Waals surface area (Å²) in [7, 11) is 0. The molecule has 0 bridgehead atoms. The number of carboxylic acid groups (broad SMARTS) is 1. The van der Waals surface area contributed by atoms with Gasteiger partial charge in [-0.15, -0.1) is 0 Å². The summed E-state index contributed by atoms with van der Waals surface area (Å²) in [6.45, 7) is 1.60. The molecule has 0 aromatic carbocycles. The molecule has 2 atom stereocenters. The van der Waals surface area contributed by atoms with Gasteiger partial charge in [-0.3, -0.25) is 9.78 Å². The van der Waals surface area contributed by atoms with Crippen molar-refractivity contribution < 1.29 is 32.6 Å². The van der Waals surface area contributed by atoms with Gasteiger partial charge in [0.2, 0.25) is 0 Å². The third-order valence-electron chi connectivity index (χ3n) is 3.12. The van der Waals surface area contributed by atoms with Crippen LogP contribution in [0.15, 0.2) is 18.3 Å². The molecule has 2 heterocycles. The third kappa shape index (κ3) is 3.53. The summed E-state index contributed by atoms with van der Waals surface area (Å²) in [6.07, 6.45) is -5.39. The molecule has 0 aliphatic carbocycles. The molecule has 120 valence electrons. The summed E-state index contributed by atoms with van der Waals surface area (Å²) in [5.41, 5.74) is -1.13. The Morgan fingerprint density at radius 3 is 2.55 bits per heavy atom. The Hall–Kier alpha value is -2.16. The summed E-state index contributed by atoms with van der Waals surface area (Å²) in [4.78, 5) is 27.6. The molecule has 1 fully saturated rings. The zero-order valence-corrected chi connectivity index (χ0v) is 11.5. The van der Waals surface area contributed by atoms with Crippen LogP contribution in [0.1, 0.15) is 23.0 Å². The van der Waals surface area contributed by atoms with E-state index in [9.17, 15) is 22.8 Å². The van der Waals surface area contributed by atoms with Gasteiger partial charge in [0, 0.05) is 12.7 Å². The number of nitrogens with zero attached hydrogens (tertiary/aromatic N) is 2. The first-order chi connectivity index (χ1) is 10.2. The van der Waals surface area contributed by atoms with Crippen molar-refractivity contribution in [3.63, 3.8) is 0 Å². The average molecular weight is 318 g/mol. The van der Waals surface area contributed by atoms with Crippen LogP contribution >= 0.6 is 0 Å². The summed E-state index contributed by atoms with van der Waals surface area (Å²) in [5.74, 6) is -1.78. The van der Waals surface area contributed by atoms with E-state index >= 15 is 0 Å². The van der Waals surface area contributed by atoms with Gasteiger partial charge in [-0.1, -0.05) is 0 Å². The van der Waals surface area contributed by atoms with Gasteiger partial charge in [0.1, 0.15) is 5.69 Å². The molecule has 1 aliphatic heterocycles. The monoisotopic (exact) mass is 318 g/mol. The second-order valence-corrected chi connectivity index (χ2v) is 4.91. The van der Waals surface area contributed by atoms with Crippen molar-refractivity contribution in [2.75, 3.05) is 13.1 Å². The molecular formula is C13H13F3N2O4. The second-order valence-electron chi connectivity index (χ2n) is 4.91. The molecule has 1 aromatic heterocycles. The van der Waals surface area contributed by atoms with Crippen molar-refractivity contribution >= 4 is 11.9 Å². The molecule has 1 unspecified atom stereocenters. The number of carbonyl (C=O) groups excluding carboxylic acids is 1. The molecule has 6 nitrogen and oxygen atoms in total. The lowest BCUT2D eigenvalue weighted by Crippen LogP contribution is -2.51. The van der Waals surface area contributed by atoms with Crippen molar-refractivity contribution in [3.05, 3.63) is 29.6 Å². The first-order valence-corrected chi connectivity index (χ1v) is 6.39. The fourth-order valence-electron chi connectivity index (χ4n) is 2.12. The highest BCUT2D eigenvalue weighted by atomic mass is 19.4. The number of rotatable bonds is 2. The lowest BCUT2D eigenvalue weighted by molar-refractivity contribution is -0.160. The maximum absolute atomic E-state index is 12.4. The van der Waals surface area contributed by atoms with Gasteiger partial charge in [-0.05, 0) is 19.1 Å². The van der Waals surface area contributed by atoms with Gasteiger partial charge in [0.05, 0.1) is 18.2 Å². The van der Waals surface area contributed by atoms with Crippen molar-refractivity contribution in [3.8, 4) is 0 Å². The van der Waals surface area contributed by atoms with Crippen LogP contribution in [-0.4, -0.2) is 52.2 Å². The van der Waals surface area contributed by atoms with Crippen LogP contribution < -0.4 is 0 Å². The molecule has 22 heavy (non-hydrogen) atoms. The lowest BCUT2D eigenvalue weighted by atomic mass is 10.1. The van der Waals surface area contributed by atoms with Gasteiger partial charge in [0.15, 0.2) is 6.10 Å². The quantitative estimate of drug-likeness (QED) is 0.892. The molecule has 0 radical (unpaired) electrons. The van der Waals surface area contributed by atoms with Gasteiger partial charge in [0.25, 0.3) is 5.91 Å². The summed E-state index contributed by atoms with van der Waals surface area (Å²) in [5, 5.41) is 8.95. The van der Waals surface area contributed by atoms with Crippen LogP contribution in [-0.2, 0) is 15.7 Å². The van der Waals surface area contributed by atoms with E-state index in [1.165, 1.54) is 4.90 Å². The van der Waals surface area contributed by atoms with Gasteiger partial charge < -0.3 is 14.7 Å². The van der Waals surface area contributed by atoms with Crippen molar-refractivity contribution in [2.45, 2.75) is 25.3 Å². The minimum Gasteiger partial charge on any atom is -0.479 e. The fraction of sp³-hybridized carbons (Fsp3) is 0.462. The van der Waals surface area contributed by atoms with E-state index in [1.54, 1.807) is 6.92 Å². The number of morpholine rings is 1. The van der Waals surface area contributed by atoms with E-state index in [4.69, 9.17) is 9.84 Å². The van der Waals surface area contributed by atoms with Gasteiger partial charge in [-0.2, -0.15) is 13.2 Å². The zero-order valence-electron chi connectivity index (χ0n) is 11.5. The molecule has 2 rings (SSSR count). The van der Waals surface area contributed by atoms with Gasteiger partial charge in [-0.25, -0.2) is 4.79 Å². The Labute approximate surface area is 123 Å². The number of halogens is 3. The summed E-state index contributed by atoms with van der Waals surface area (Å²) in [6, 6.07) is 1.74. The number of hydrogen-bond acceptors (Lipinski definition) is 4. The van der Waals surface area contributed by atoms with Crippen molar-refractivity contribution in [2.24, 2.45) is 0 Å². The van der Waals surface area contributed by atoms with Crippen molar-refractivity contribution in [1.29, 1.82) is 0 Å². The Morgan fingerprint density at radius 2 is 2.05 bits per heavy atom. The van der Waals surface area contributed by atoms with E-state index in [0.29, 0.717) is 6.07 Å². The number of aliphatic carboxylic acids is 1. The molecule has 9 heteroatoms. The van der Waals surface area contributed by atoms with E-state index in [2.05, 4.69) is 4.98 Å². The molecule has 0 spiro atoms. The third-order valence-corrected chi connectivity index (χ3v) is 3.12. The summed E-state index contributed by atoms with van der Waals surface area (Å²) < 4.78 is 42.5. The molecule has 1 N–H and O–H groups in total. The number of amides is 1. The maximum atomic E-state index is 12.4. The number of carbonyl (C=O) groups is 2. The first kappa shape index (κ1) is 16.2. The van der Waals surface area contributed by atoms with Crippen LogP contribution in [0.4, 0.5) is 13.2 Å². The lowest BCUT2D eigenvalue weighted by Gasteiger charge is -2.34. The number of ether oxygens (including phenoxy) is 1. The number of aromatic nitrogens is 1. The Morgan fingerprint density at radius 1 is 1.36 bits per heavy atom. The molecular weight excluding hydrogens is 305 g/mol. The highest BCUT2D eigenvalue weighted by Gasteiger charge is 2.34. The van der Waals surface area contributed by atoms with Crippen LogP contribution in [0.3, 0.4) is 0 Å². The number of pyridine rings is 1. The minimum absolute atomic E-state index is 0.0359. The first-order valence-electron chi connectivity index (χ1n) is 6.39.